The summed E-state index contributed by atoms with van der Waals surface area (Å²) in [7, 11) is 0. The molecule has 0 saturated carbocycles. The van der Waals surface area contributed by atoms with Gasteiger partial charge in [0.05, 0.1) is 6.20 Å². The predicted octanol–water partition coefficient (Wildman–Crippen LogP) is 2.67. The summed E-state index contributed by atoms with van der Waals surface area (Å²) < 4.78 is 5.24. The largest absolute Gasteiger partial charge is 0.444 e. The molecule has 0 fully saturated rings. The van der Waals surface area contributed by atoms with Crippen molar-refractivity contribution in [1.82, 2.24) is 10.3 Å². The van der Waals surface area contributed by atoms with Gasteiger partial charge in [0.25, 0.3) is 0 Å². The van der Waals surface area contributed by atoms with Gasteiger partial charge in [0, 0.05) is 30.3 Å². The van der Waals surface area contributed by atoms with Crippen LogP contribution >= 0.6 is 0 Å². The number of nitrogens with zero attached hydrogens (tertiary/aromatic N) is 1. The molecule has 0 unspecified atom stereocenters. The summed E-state index contributed by atoms with van der Waals surface area (Å²) in [6, 6.07) is 7.90. The molecule has 20 heavy (non-hydrogen) atoms. The molecule has 0 atom stereocenters. The number of hydrogen-bond acceptors (Lipinski definition) is 4. The number of anilines is 1. The van der Waals surface area contributed by atoms with Crippen LogP contribution in [0.3, 0.4) is 0 Å². The standard InChI is InChI=1S/C15H19N3O2/c1-11(2)17-7-6-15(19)18-13-5-3-4-12(8-13)14-9-16-10-20-14/h3-5,8-11,17H,6-7H2,1-2H3,(H,18,19). The van der Waals surface area contributed by atoms with Crippen LogP contribution in [0.5, 0.6) is 0 Å². The van der Waals surface area contributed by atoms with Gasteiger partial charge in [-0.2, -0.15) is 0 Å². The number of carbonyl (C=O) groups is 1. The van der Waals surface area contributed by atoms with Crippen molar-refractivity contribution >= 4 is 11.6 Å². The van der Waals surface area contributed by atoms with E-state index in [-0.39, 0.29) is 5.91 Å². The van der Waals surface area contributed by atoms with Crippen LogP contribution in [0.1, 0.15) is 20.3 Å². The van der Waals surface area contributed by atoms with Crippen LogP contribution in [-0.2, 0) is 4.79 Å². The SMILES string of the molecule is CC(C)NCCC(=O)Nc1cccc(-c2cnco2)c1. The lowest BCUT2D eigenvalue weighted by Gasteiger charge is -2.09. The lowest BCUT2D eigenvalue weighted by molar-refractivity contribution is -0.116. The van der Waals surface area contributed by atoms with Gasteiger partial charge in [-0.05, 0) is 12.1 Å². The maximum atomic E-state index is 11.8. The maximum Gasteiger partial charge on any atom is 0.225 e. The van der Waals surface area contributed by atoms with E-state index in [2.05, 4.69) is 29.5 Å². The fourth-order valence-electron chi connectivity index (χ4n) is 1.81. The van der Waals surface area contributed by atoms with E-state index >= 15 is 0 Å². The zero-order chi connectivity index (χ0) is 14.4. The Morgan fingerprint density at radius 3 is 2.95 bits per heavy atom. The molecule has 0 aliphatic carbocycles. The van der Waals surface area contributed by atoms with E-state index in [0.717, 1.165) is 11.3 Å². The van der Waals surface area contributed by atoms with E-state index in [1.54, 1.807) is 6.20 Å². The summed E-state index contributed by atoms with van der Waals surface area (Å²) >= 11 is 0. The third-order valence-electron chi connectivity index (χ3n) is 2.77. The summed E-state index contributed by atoms with van der Waals surface area (Å²) in [6.07, 6.45) is 3.48. The highest BCUT2D eigenvalue weighted by Crippen LogP contribution is 2.21. The van der Waals surface area contributed by atoms with Crippen molar-refractivity contribution < 1.29 is 9.21 Å². The smallest absolute Gasteiger partial charge is 0.225 e. The lowest BCUT2D eigenvalue weighted by Crippen LogP contribution is -2.27. The number of benzene rings is 1. The van der Waals surface area contributed by atoms with Crippen LogP contribution in [0.2, 0.25) is 0 Å². The molecule has 1 heterocycles. The van der Waals surface area contributed by atoms with Crippen molar-refractivity contribution in [2.75, 3.05) is 11.9 Å². The number of aromatic nitrogens is 1. The van der Waals surface area contributed by atoms with Crippen molar-refractivity contribution in [3.63, 3.8) is 0 Å². The first kappa shape index (κ1) is 14.3. The molecule has 2 aromatic rings. The monoisotopic (exact) mass is 273 g/mol. The van der Waals surface area contributed by atoms with Gasteiger partial charge in [0.1, 0.15) is 0 Å². The van der Waals surface area contributed by atoms with Crippen LogP contribution in [0.4, 0.5) is 5.69 Å². The van der Waals surface area contributed by atoms with Crippen LogP contribution in [0, 0.1) is 0 Å². The van der Waals surface area contributed by atoms with Crippen LogP contribution in [0.15, 0.2) is 41.3 Å². The van der Waals surface area contributed by atoms with E-state index in [9.17, 15) is 4.79 Å². The van der Waals surface area contributed by atoms with Crippen molar-refractivity contribution in [2.24, 2.45) is 0 Å². The van der Waals surface area contributed by atoms with E-state index in [1.165, 1.54) is 6.39 Å². The second kappa shape index (κ2) is 6.86. The number of rotatable bonds is 6. The Labute approximate surface area is 118 Å². The van der Waals surface area contributed by atoms with Crippen molar-refractivity contribution in [3.05, 3.63) is 36.9 Å². The second-order valence-corrected chi connectivity index (χ2v) is 4.85. The topological polar surface area (TPSA) is 67.2 Å². The second-order valence-electron chi connectivity index (χ2n) is 4.85. The lowest BCUT2D eigenvalue weighted by atomic mass is 10.1. The van der Waals surface area contributed by atoms with Crippen molar-refractivity contribution in [2.45, 2.75) is 26.3 Å². The van der Waals surface area contributed by atoms with Crippen LogP contribution in [-0.4, -0.2) is 23.5 Å². The Balaban J connectivity index is 1.93. The van der Waals surface area contributed by atoms with Gasteiger partial charge < -0.3 is 15.1 Å². The third-order valence-corrected chi connectivity index (χ3v) is 2.77. The van der Waals surface area contributed by atoms with Gasteiger partial charge in [-0.3, -0.25) is 4.79 Å². The number of nitrogens with one attached hydrogen (secondary N) is 2. The number of amides is 1. The first-order chi connectivity index (χ1) is 9.65. The highest BCUT2D eigenvalue weighted by Gasteiger charge is 2.05. The van der Waals surface area contributed by atoms with Crippen molar-refractivity contribution in [3.8, 4) is 11.3 Å². The molecule has 2 rings (SSSR count). The molecule has 5 heteroatoms. The highest BCUT2D eigenvalue weighted by atomic mass is 16.3. The minimum absolute atomic E-state index is 0.00660. The predicted molar refractivity (Wildman–Crippen MR) is 78.3 cm³/mol. The molecule has 5 nitrogen and oxygen atoms in total. The average molecular weight is 273 g/mol. The number of oxazole rings is 1. The van der Waals surface area contributed by atoms with Crippen molar-refractivity contribution in [1.29, 1.82) is 0 Å². The third kappa shape index (κ3) is 4.20. The van der Waals surface area contributed by atoms with Gasteiger partial charge in [0.2, 0.25) is 5.91 Å². The number of hydrogen-bond donors (Lipinski definition) is 2. The maximum absolute atomic E-state index is 11.8. The molecule has 1 aromatic carbocycles. The average Bonchev–Trinajstić information content (AvgIpc) is 2.92. The van der Waals surface area contributed by atoms with E-state index in [0.29, 0.717) is 24.8 Å². The van der Waals surface area contributed by atoms with Gasteiger partial charge in [-0.25, -0.2) is 4.98 Å². The minimum Gasteiger partial charge on any atom is -0.444 e. The molecule has 106 valence electrons. The Bertz CT molecular complexity index is 550. The summed E-state index contributed by atoms with van der Waals surface area (Å²) in [4.78, 5) is 15.7. The fourth-order valence-corrected chi connectivity index (χ4v) is 1.81. The number of carbonyl (C=O) groups excluding carboxylic acids is 1. The van der Waals surface area contributed by atoms with E-state index in [4.69, 9.17) is 4.42 Å². The molecular weight excluding hydrogens is 254 g/mol. The first-order valence-electron chi connectivity index (χ1n) is 6.67. The summed E-state index contributed by atoms with van der Waals surface area (Å²) in [5, 5.41) is 6.09. The molecule has 0 spiro atoms. The molecule has 0 aliphatic rings. The zero-order valence-electron chi connectivity index (χ0n) is 11.7. The van der Waals surface area contributed by atoms with E-state index < -0.39 is 0 Å². The minimum atomic E-state index is -0.00660. The van der Waals surface area contributed by atoms with Gasteiger partial charge in [0.15, 0.2) is 12.2 Å². The highest BCUT2D eigenvalue weighted by molar-refractivity contribution is 5.91. The van der Waals surface area contributed by atoms with Gasteiger partial charge >= 0.3 is 0 Å². The van der Waals surface area contributed by atoms with Crippen LogP contribution in [0.25, 0.3) is 11.3 Å². The normalized spacial score (nSPS) is 10.8. The Morgan fingerprint density at radius 2 is 2.25 bits per heavy atom. The van der Waals surface area contributed by atoms with Gasteiger partial charge in [-0.1, -0.05) is 26.0 Å². The molecular formula is C15H19N3O2. The van der Waals surface area contributed by atoms with E-state index in [1.807, 2.05) is 24.3 Å². The Kier molecular flexibility index (Phi) is 4.90. The molecule has 0 saturated heterocycles. The molecule has 0 aliphatic heterocycles. The molecule has 0 radical (unpaired) electrons. The summed E-state index contributed by atoms with van der Waals surface area (Å²) in [5.74, 6) is 0.676. The zero-order valence-corrected chi connectivity index (χ0v) is 11.7. The van der Waals surface area contributed by atoms with Crippen LogP contribution < -0.4 is 10.6 Å². The Hall–Kier alpha value is -2.14. The molecule has 1 amide bonds. The first-order valence-corrected chi connectivity index (χ1v) is 6.67. The summed E-state index contributed by atoms with van der Waals surface area (Å²) in [5.41, 5.74) is 1.65. The molecule has 0 bridgehead atoms. The summed E-state index contributed by atoms with van der Waals surface area (Å²) in [6.45, 7) is 4.78. The molecule has 1 aromatic heterocycles. The molecule has 2 N–H and O–H groups in total. The quantitative estimate of drug-likeness (QED) is 0.849. The van der Waals surface area contributed by atoms with Gasteiger partial charge in [-0.15, -0.1) is 0 Å². The fraction of sp³-hybridized carbons (Fsp3) is 0.333. The Morgan fingerprint density at radius 1 is 1.40 bits per heavy atom.